The summed E-state index contributed by atoms with van der Waals surface area (Å²) < 4.78 is 23.6. The minimum Gasteiger partial charge on any atom is -0.351 e. The lowest BCUT2D eigenvalue weighted by molar-refractivity contribution is 0.353. The van der Waals surface area contributed by atoms with Gasteiger partial charge in [0.15, 0.2) is 15.8 Å². The van der Waals surface area contributed by atoms with E-state index in [1.807, 2.05) is 23.1 Å². The maximum atomic E-state index is 12.2. The SMILES string of the molecule is CN=C(NCc1nccc2ccccc12)N1CCS(=O)(=O)C(C)(C)C1. The number of sulfone groups is 1. The van der Waals surface area contributed by atoms with Gasteiger partial charge in [-0.05, 0) is 25.3 Å². The summed E-state index contributed by atoms with van der Waals surface area (Å²) in [5.74, 6) is 0.852. The van der Waals surface area contributed by atoms with Gasteiger partial charge in [-0.25, -0.2) is 8.42 Å². The molecule has 134 valence electrons. The average Bonchev–Trinajstić information content (AvgIpc) is 2.58. The van der Waals surface area contributed by atoms with Crippen molar-refractivity contribution < 1.29 is 8.42 Å². The van der Waals surface area contributed by atoms with Crippen molar-refractivity contribution in [3.8, 4) is 0 Å². The number of aliphatic imine (C=N–C) groups is 1. The van der Waals surface area contributed by atoms with E-state index in [2.05, 4.69) is 27.4 Å². The van der Waals surface area contributed by atoms with E-state index in [0.29, 0.717) is 25.6 Å². The van der Waals surface area contributed by atoms with E-state index in [4.69, 9.17) is 0 Å². The summed E-state index contributed by atoms with van der Waals surface area (Å²) in [7, 11) is -1.35. The number of hydrogen-bond donors (Lipinski definition) is 1. The molecule has 1 aliphatic rings. The molecule has 0 aliphatic carbocycles. The predicted octanol–water partition coefficient (Wildman–Crippen LogP) is 1.82. The Bertz CT molecular complexity index is 901. The molecule has 1 aromatic carbocycles. The Balaban J connectivity index is 1.75. The smallest absolute Gasteiger partial charge is 0.194 e. The van der Waals surface area contributed by atoms with Gasteiger partial charge >= 0.3 is 0 Å². The van der Waals surface area contributed by atoms with Crippen molar-refractivity contribution >= 4 is 26.6 Å². The largest absolute Gasteiger partial charge is 0.351 e. The zero-order valence-electron chi connectivity index (χ0n) is 14.9. The van der Waals surface area contributed by atoms with Crippen molar-refractivity contribution in [2.75, 3.05) is 25.9 Å². The van der Waals surface area contributed by atoms with Gasteiger partial charge in [-0.15, -0.1) is 0 Å². The van der Waals surface area contributed by atoms with Crippen LogP contribution in [0, 0.1) is 0 Å². The zero-order chi connectivity index (χ0) is 18.1. The molecule has 0 amide bonds. The number of nitrogens with zero attached hydrogens (tertiary/aromatic N) is 3. The molecule has 0 atom stereocenters. The van der Waals surface area contributed by atoms with Crippen LogP contribution in [0.4, 0.5) is 0 Å². The van der Waals surface area contributed by atoms with Gasteiger partial charge in [0.2, 0.25) is 0 Å². The Morgan fingerprint density at radius 1 is 1.32 bits per heavy atom. The highest BCUT2D eigenvalue weighted by Crippen LogP contribution is 2.24. The Labute approximate surface area is 148 Å². The van der Waals surface area contributed by atoms with Crippen LogP contribution in [0.3, 0.4) is 0 Å². The van der Waals surface area contributed by atoms with Crippen molar-refractivity contribution in [2.45, 2.75) is 25.1 Å². The topological polar surface area (TPSA) is 74.7 Å². The number of aromatic nitrogens is 1. The summed E-state index contributed by atoms with van der Waals surface area (Å²) in [4.78, 5) is 10.8. The summed E-state index contributed by atoms with van der Waals surface area (Å²) in [5, 5.41) is 5.58. The molecule has 1 aromatic heterocycles. The zero-order valence-corrected chi connectivity index (χ0v) is 15.7. The third-order valence-corrected chi connectivity index (χ3v) is 7.26. The van der Waals surface area contributed by atoms with Crippen molar-refractivity contribution in [1.29, 1.82) is 0 Å². The summed E-state index contributed by atoms with van der Waals surface area (Å²) in [6.45, 7) is 4.96. The second-order valence-corrected chi connectivity index (χ2v) is 9.62. The number of benzene rings is 1. The summed E-state index contributed by atoms with van der Waals surface area (Å²) in [5.41, 5.74) is 0.947. The number of guanidine groups is 1. The number of fused-ring (bicyclic) bond motifs is 1. The fourth-order valence-corrected chi connectivity index (χ4v) is 4.51. The molecule has 0 saturated carbocycles. The van der Waals surface area contributed by atoms with Crippen LogP contribution >= 0.6 is 0 Å². The first-order valence-electron chi connectivity index (χ1n) is 8.34. The fraction of sp³-hybridized carbons (Fsp3) is 0.444. The van der Waals surface area contributed by atoms with Crippen molar-refractivity contribution in [1.82, 2.24) is 15.2 Å². The first-order chi connectivity index (χ1) is 11.8. The van der Waals surface area contributed by atoms with Crippen LogP contribution in [-0.2, 0) is 16.4 Å². The van der Waals surface area contributed by atoms with Crippen LogP contribution in [0.1, 0.15) is 19.5 Å². The second kappa shape index (κ2) is 6.63. The lowest BCUT2D eigenvalue weighted by Crippen LogP contribution is -2.57. The molecule has 0 radical (unpaired) electrons. The molecule has 1 N–H and O–H groups in total. The van der Waals surface area contributed by atoms with Crippen molar-refractivity contribution in [3.63, 3.8) is 0 Å². The molecule has 3 rings (SSSR count). The van der Waals surface area contributed by atoms with Gasteiger partial charge in [0.05, 0.1) is 22.7 Å². The first-order valence-corrected chi connectivity index (χ1v) is 10.00. The Morgan fingerprint density at radius 2 is 2.08 bits per heavy atom. The van der Waals surface area contributed by atoms with Gasteiger partial charge in [0, 0.05) is 31.7 Å². The highest BCUT2D eigenvalue weighted by molar-refractivity contribution is 7.92. The molecule has 25 heavy (non-hydrogen) atoms. The Hall–Kier alpha value is -2.15. The third kappa shape index (κ3) is 3.46. The Morgan fingerprint density at radius 3 is 2.80 bits per heavy atom. The molecule has 7 heteroatoms. The first kappa shape index (κ1) is 17.7. The standard InChI is InChI=1S/C18H24N4O2S/c1-18(2)13-22(10-11-25(18,23)24)17(19-3)21-12-16-15-7-5-4-6-14(15)8-9-20-16/h4-9H,10-13H2,1-3H3,(H,19,21). The van der Waals surface area contributed by atoms with Gasteiger partial charge in [-0.3, -0.25) is 9.98 Å². The number of rotatable bonds is 2. The van der Waals surface area contributed by atoms with E-state index in [-0.39, 0.29) is 5.75 Å². The molecular weight excluding hydrogens is 336 g/mol. The summed E-state index contributed by atoms with van der Waals surface area (Å²) >= 11 is 0. The quantitative estimate of drug-likeness (QED) is 0.653. The van der Waals surface area contributed by atoms with E-state index in [1.165, 1.54) is 0 Å². The molecule has 6 nitrogen and oxygen atoms in total. The van der Waals surface area contributed by atoms with Crippen LogP contribution in [0.5, 0.6) is 0 Å². The molecule has 1 saturated heterocycles. The normalized spacial score (nSPS) is 19.8. The monoisotopic (exact) mass is 360 g/mol. The van der Waals surface area contributed by atoms with Gasteiger partial charge in [0.1, 0.15) is 0 Å². The molecule has 0 bridgehead atoms. The van der Waals surface area contributed by atoms with Crippen LogP contribution in [0.2, 0.25) is 0 Å². The van der Waals surface area contributed by atoms with Crippen LogP contribution in [-0.4, -0.2) is 54.9 Å². The predicted molar refractivity (Wildman–Crippen MR) is 101 cm³/mol. The molecule has 1 fully saturated rings. The lowest BCUT2D eigenvalue weighted by atomic mass is 10.1. The molecule has 0 unspecified atom stereocenters. The Kier molecular flexibility index (Phi) is 4.69. The van der Waals surface area contributed by atoms with E-state index in [9.17, 15) is 8.42 Å². The number of nitrogens with one attached hydrogen (secondary N) is 1. The lowest BCUT2D eigenvalue weighted by Gasteiger charge is -2.39. The minimum absolute atomic E-state index is 0.146. The minimum atomic E-state index is -3.07. The molecule has 2 aromatic rings. The van der Waals surface area contributed by atoms with E-state index in [1.54, 1.807) is 27.1 Å². The number of pyridine rings is 1. The maximum Gasteiger partial charge on any atom is 0.194 e. The van der Waals surface area contributed by atoms with Crippen molar-refractivity contribution in [3.05, 3.63) is 42.2 Å². The average molecular weight is 360 g/mol. The summed E-state index contributed by atoms with van der Waals surface area (Å²) in [6.07, 6.45) is 1.80. The van der Waals surface area contributed by atoms with Crippen LogP contribution in [0.15, 0.2) is 41.5 Å². The fourth-order valence-electron chi connectivity index (χ4n) is 3.14. The maximum absolute atomic E-state index is 12.2. The molecule has 0 spiro atoms. The highest BCUT2D eigenvalue weighted by atomic mass is 32.2. The molecule has 1 aliphatic heterocycles. The van der Waals surface area contributed by atoms with Gasteiger partial charge < -0.3 is 10.2 Å². The molecular formula is C18H24N4O2S. The van der Waals surface area contributed by atoms with E-state index < -0.39 is 14.6 Å². The van der Waals surface area contributed by atoms with Crippen LogP contribution in [0.25, 0.3) is 10.8 Å². The highest BCUT2D eigenvalue weighted by Gasteiger charge is 2.40. The molecule has 2 heterocycles. The third-order valence-electron chi connectivity index (χ3n) is 4.72. The second-order valence-electron chi connectivity index (χ2n) is 6.88. The van der Waals surface area contributed by atoms with Crippen LogP contribution < -0.4 is 5.32 Å². The van der Waals surface area contributed by atoms with Gasteiger partial charge in [0.25, 0.3) is 0 Å². The van der Waals surface area contributed by atoms with Crippen molar-refractivity contribution in [2.24, 2.45) is 4.99 Å². The van der Waals surface area contributed by atoms with E-state index in [0.717, 1.165) is 16.5 Å². The summed E-state index contributed by atoms with van der Waals surface area (Å²) in [6, 6.07) is 10.1. The van der Waals surface area contributed by atoms with Gasteiger partial charge in [-0.1, -0.05) is 24.3 Å². The van der Waals surface area contributed by atoms with E-state index >= 15 is 0 Å². The van der Waals surface area contributed by atoms with Gasteiger partial charge in [-0.2, -0.15) is 0 Å². The number of hydrogen-bond acceptors (Lipinski definition) is 4.